The first kappa shape index (κ1) is 7.03. The molecule has 2 aromatic heterocycles. The van der Waals surface area contributed by atoms with Gasteiger partial charge < -0.3 is 4.74 Å². The Labute approximate surface area is 75.1 Å². The molecule has 0 N–H and O–H groups in total. The van der Waals surface area contributed by atoms with Crippen molar-refractivity contribution in [3.8, 4) is 0 Å². The predicted molar refractivity (Wildman–Crippen MR) is 47.4 cm³/mol. The van der Waals surface area contributed by atoms with Gasteiger partial charge in [0.1, 0.15) is 6.04 Å². The summed E-state index contributed by atoms with van der Waals surface area (Å²) in [7, 11) is 0. The average Bonchev–Trinajstić information content (AvgIpc) is 2.47. The maximum atomic E-state index is 5.12. The number of aromatic nitrogens is 3. The summed E-state index contributed by atoms with van der Waals surface area (Å²) in [6, 6.07) is 4.32. The highest BCUT2D eigenvalue weighted by atomic mass is 16.5. The van der Waals surface area contributed by atoms with E-state index < -0.39 is 0 Å². The zero-order chi connectivity index (χ0) is 8.67. The maximum absolute atomic E-state index is 5.12. The molecule has 0 atom stereocenters. The summed E-state index contributed by atoms with van der Waals surface area (Å²) in [6.45, 7) is 1.51. The van der Waals surface area contributed by atoms with Crippen molar-refractivity contribution in [2.24, 2.45) is 0 Å². The van der Waals surface area contributed by atoms with E-state index in [9.17, 15) is 0 Å². The number of ether oxygens (including phenoxy) is 1. The summed E-state index contributed by atoms with van der Waals surface area (Å²) in [5.41, 5.74) is 0.954. The van der Waals surface area contributed by atoms with Gasteiger partial charge in [0.2, 0.25) is 0 Å². The number of hydrogen-bond acceptors (Lipinski definition) is 3. The van der Waals surface area contributed by atoms with Crippen molar-refractivity contribution < 1.29 is 4.74 Å². The van der Waals surface area contributed by atoms with Crippen molar-refractivity contribution in [3.05, 3.63) is 24.5 Å². The minimum absolute atomic E-state index is 0.382. The van der Waals surface area contributed by atoms with E-state index in [1.54, 1.807) is 6.20 Å². The van der Waals surface area contributed by atoms with Crippen molar-refractivity contribution in [2.75, 3.05) is 13.2 Å². The minimum atomic E-state index is 0.382. The van der Waals surface area contributed by atoms with Gasteiger partial charge in [0.05, 0.1) is 19.4 Å². The Hall–Kier alpha value is -1.42. The summed E-state index contributed by atoms with van der Waals surface area (Å²) < 4.78 is 7.06. The zero-order valence-electron chi connectivity index (χ0n) is 7.05. The van der Waals surface area contributed by atoms with Crippen LogP contribution in [0, 0.1) is 0 Å². The Bertz CT molecular complexity index is 433. The molecule has 4 heteroatoms. The maximum Gasteiger partial charge on any atom is 0.158 e. The first-order chi connectivity index (χ1) is 6.45. The Morgan fingerprint density at radius 2 is 2.38 bits per heavy atom. The molecule has 0 spiro atoms. The lowest BCUT2D eigenvalue weighted by atomic mass is 10.2. The molecule has 0 aromatic carbocycles. The third-order valence-electron chi connectivity index (χ3n) is 2.32. The highest BCUT2D eigenvalue weighted by Gasteiger charge is 2.22. The van der Waals surface area contributed by atoms with Crippen LogP contribution in [0.15, 0.2) is 24.5 Å². The van der Waals surface area contributed by atoms with Crippen LogP contribution in [0.1, 0.15) is 6.04 Å². The summed E-state index contributed by atoms with van der Waals surface area (Å²) in [4.78, 5) is 4.29. The molecule has 1 aliphatic rings. The third-order valence-corrected chi connectivity index (χ3v) is 2.32. The fraction of sp³-hybridized carbons (Fsp3) is 0.333. The van der Waals surface area contributed by atoms with Crippen LogP contribution in [-0.4, -0.2) is 28.0 Å². The monoisotopic (exact) mass is 175 g/mol. The van der Waals surface area contributed by atoms with E-state index in [2.05, 4.69) is 10.1 Å². The van der Waals surface area contributed by atoms with Gasteiger partial charge >= 0.3 is 0 Å². The molecule has 66 valence electrons. The van der Waals surface area contributed by atoms with E-state index in [1.165, 1.54) is 0 Å². The van der Waals surface area contributed by atoms with Gasteiger partial charge in [0.25, 0.3) is 0 Å². The quantitative estimate of drug-likeness (QED) is 0.649. The van der Waals surface area contributed by atoms with Crippen molar-refractivity contribution in [1.82, 2.24) is 14.8 Å². The molecule has 0 aliphatic carbocycles. The number of fused-ring (bicyclic) bond motifs is 1. The molecular weight excluding hydrogens is 166 g/mol. The number of nitrogens with zero attached hydrogens (tertiary/aromatic N) is 3. The second-order valence-corrected chi connectivity index (χ2v) is 3.20. The number of hydrogen-bond donors (Lipinski definition) is 0. The lowest BCUT2D eigenvalue weighted by Crippen LogP contribution is -2.31. The molecule has 4 nitrogen and oxygen atoms in total. The highest BCUT2D eigenvalue weighted by Crippen LogP contribution is 2.20. The summed E-state index contributed by atoms with van der Waals surface area (Å²) in [5, 5.41) is 5.38. The number of pyridine rings is 1. The van der Waals surface area contributed by atoms with Crippen LogP contribution in [-0.2, 0) is 4.74 Å². The van der Waals surface area contributed by atoms with Crippen molar-refractivity contribution >= 4 is 11.0 Å². The second-order valence-electron chi connectivity index (χ2n) is 3.20. The molecule has 1 fully saturated rings. The van der Waals surface area contributed by atoms with Crippen LogP contribution >= 0.6 is 0 Å². The second kappa shape index (κ2) is 2.53. The van der Waals surface area contributed by atoms with Crippen molar-refractivity contribution in [1.29, 1.82) is 0 Å². The molecule has 1 saturated heterocycles. The van der Waals surface area contributed by atoms with Gasteiger partial charge in [-0.1, -0.05) is 0 Å². The highest BCUT2D eigenvalue weighted by molar-refractivity contribution is 5.74. The van der Waals surface area contributed by atoms with Crippen LogP contribution < -0.4 is 0 Å². The van der Waals surface area contributed by atoms with Crippen LogP contribution in [0.3, 0.4) is 0 Å². The van der Waals surface area contributed by atoms with E-state index in [0.717, 1.165) is 24.2 Å². The van der Waals surface area contributed by atoms with Crippen molar-refractivity contribution in [2.45, 2.75) is 6.04 Å². The predicted octanol–water partition coefficient (Wildman–Crippen LogP) is 1.00. The first-order valence-corrected chi connectivity index (χ1v) is 4.31. The molecule has 3 rings (SSSR count). The van der Waals surface area contributed by atoms with E-state index in [4.69, 9.17) is 4.74 Å². The lowest BCUT2D eigenvalue weighted by molar-refractivity contribution is -0.0269. The Morgan fingerprint density at radius 3 is 3.15 bits per heavy atom. The fourth-order valence-electron chi connectivity index (χ4n) is 1.51. The topological polar surface area (TPSA) is 39.9 Å². The summed E-state index contributed by atoms with van der Waals surface area (Å²) >= 11 is 0. The van der Waals surface area contributed by atoms with E-state index in [-0.39, 0.29) is 0 Å². The fourth-order valence-corrected chi connectivity index (χ4v) is 1.51. The Kier molecular flexibility index (Phi) is 1.37. The smallest absolute Gasteiger partial charge is 0.158 e. The molecule has 2 aromatic rings. The SMILES string of the molecule is c1cnc2c(c1)cnn2C1COC1. The van der Waals surface area contributed by atoms with Crippen LogP contribution in [0.2, 0.25) is 0 Å². The Morgan fingerprint density at radius 1 is 1.46 bits per heavy atom. The normalized spacial score (nSPS) is 17.5. The minimum Gasteiger partial charge on any atom is -0.377 e. The standard InChI is InChI=1S/C9H9N3O/c1-2-7-4-11-12(8-5-13-6-8)9(7)10-3-1/h1-4,8H,5-6H2. The van der Waals surface area contributed by atoms with Gasteiger partial charge in [0, 0.05) is 11.6 Å². The average molecular weight is 175 g/mol. The molecule has 0 unspecified atom stereocenters. The third kappa shape index (κ3) is 0.954. The van der Waals surface area contributed by atoms with Crippen LogP contribution in [0.25, 0.3) is 11.0 Å². The largest absolute Gasteiger partial charge is 0.377 e. The van der Waals surface area contributed by atoms with Gasteiger partial charge in [-0.15, -0.1) is 0 Å². The van der Waals surface area contributed by atoms with Gasteiger partial charge in [-0.2, -0.15) is 5.10 Å². The van der Waals surface area contributed by atoms with Gasteiger partial charge in [-0.3, -0.25) is 0 Å². The van der Waals surface area contributed by atoms with Crippen LogP contribution in [0.5, 0.6) is 0 Å². The summed E-state index contributed by atoms with van der Waals surface area (Å²) in [6.07, 6.45) is 3.64. The molecule has 0 saturated carbocycles. The molecular formula is C9H9N3O. The molecule has 3 heterocycles. The lowest BCUT2D eigenvalue weighted by Gasteiger charge is -2.26. The van der Waals surface area contributed by atoms with E-state index in [1.807, 2.05) is 23.0 Å². The molecule has 0 amide bonds. The van der Waals surface area contributed by atoms with Gasteiger partial charge in [-0.25, -0.2) is 9.67 Å². The zero-order valence-corrected chi connectivity index (χ0v) is 7.05. The van der Waals surface area contributed by atoms with Gasteiger partial charge in [-0.05, 0) is 12.1 Å². The molecule has 1 aliphatic heterocycles. The number of rotatable bonds is 1. The molecule has 0 bridgehead atoms. The van der Waals surface area contributed by atoms with E-state index >= 15 is 0 Å². The van der Waals surface area contributed by atoms with Crippen LogP contribution in [0.4, 0.5) is 0 Å². The molecule has 13 heavy (non-hydrogen) atoms. The summed E-state index contributed by atoms with van der Waals surface area (Å²) in [5.74, 6) is 0. The Balaban J connectivity index is 2.17. The van der Waals surface area contributed by atoms with Crippen molar-refractivity contribution in [3.63, 3.8) is 0 Å². The molecule has 0 radical (unpaired) electrons. The first-order valence-electron chi connectivity index (χ1n) is 4.31. The van der Waals surface area contributed by atoms with E-state index in [0.29, 0.717) is 6.04 Å². The van der Waals surface area contributed by atoms with Gasteiger partial charge in [0.15, 0.2) is 5.65 Å².